The molecular formula is C21H34FN7O4. The summed E-state index contributed by atoms with van der Waals surface area (Å²) >= 11 is 0. The normalized spacial score (nSPS) is 16.8. The van der Waals surface area contributed by atoms with Crippen molar-refractivity contribution in [3.8, 4) is 0 Å². The van der Waals surface area contributed by atoms with E-state index in [2.05, 4.69) is 20.8 Å². The predicted octanol–water partition coefficient (Wildman–Crippen LogP) is 0.927. The van der Waals surface area contributed by atoms with Gasteiger partial charge in [-0.25, -0.2) is 19.4 Å². The summed E-state index contributed by atoms with van der Waals surface area (Å²) in [5, 5.41) is 10.0. The topological polar surface area (TPSA) is 154 Å². The number of carbonyl (C=O) groups excluding carboxylic acids is 3. The fourth-order valence-corrected chi connectivity index (χ4v) is 4.01. The van der Waals surface area contributed by atoms with Gasteiger partial charge in [0.1, 0.15) is 17.1 Å². The number of rotatable bonds is 12. The van der Waals surface area contributed by atoms with Gasteiger partial charge in [0.25, 0.3) is 0 Å². The van der Waals surface area contributed by atoms with Crippen LogP contribution in [-0.2, 0) is 26.3 Å². The number of carbonyl (C=O) groups is 3. The maximum Gasteiger partial charge on any atom is 0.243 e. The molecule has 1 heterocycles. The summed E-state index contributed by atoms with van der Waals surface area (Å²) in [4.78, 5) is 45.6. The summed E-state index contributed by atoms with van der Waals surface area (Å²) in [6.45, 7) is 3.03. The Morgan fingerprint density at radius 2 is 1.97 bits per heavy atom. The molecule has 12 heteroatoms. The first-order valence-corrected chi connectivity index (χ1v) is 11.0. The molecule has 1 aromatic heterocycles. The van der Waals surface area contributed by atoms with Gasteiger partial charge in [0, 0.05) is 6.42 Å². The van der Waals surface area contributed by atoms with Crippen LogP contribution >= 0.6 is 0 Å². The average molecular weight is 468 g/mol. The number of hydrazine groups is 1. The van der Waals surface area contributed by atoms with Crippen LogP contribution in [-0.4, -0.2) is 64.0 Å². The molecule has 3 amide bonds. The van der Waals surface area contributed by atoms with E-state index >= 15 is 4.39 Å². The number of nitrogens with two attached hydrogens (primary N) is 1. The summed E-state index contributed by atoms with van der Waals surface area (Å²) < 4.78 is 15.4. The zero-order valence-corrected chi connectivity index (χ0v) is 19.6. The lowest BCUT2D eigenvalue weighted by molar-refractivity contribution is -0.154. The number of hydrogen-bond acceptors (Lipinski definition) is 8. The molecule has 0 bridgehead atoms. The second-order valence-electron chi connectivity index (χ2n) is 8.76. The maximum absolute atomic E-state index is 15.4. The lowest BCUT2D eigenvalue weighted by atomic mass is 9.92. The number of hydroxylamine groups is 2. The van der Waals surface area contributed by atoms with Crippen LogP contribution in [0.4, 0.5) is 10.2 Å². The van der Waals surface area contributed by atoms with Crippen molar-refractivity contribution in [2.45, 2.75) is 57.9 Å². The lowest BCUT2D eigenvalue weighted by Crippen LogP contribution is -2.51. The van der Waals surface area contributed by atoms with E-state index in [0.29, 0.717) is 23.8 Å². The highest BCUT2D eigenvalue weighted by atomic mass is 19.1. The number of amides is 3. The number of nitrogens with one attached hydrogen (secondary N) is 2. The lowest BCUT2D eigenvalue weighted by Gasteiger charge is -2.33. The third kappa shape index (κ3) is 6.14. The molecule has 0 saturated heterocycles. The van der Waals surface area contributed by atoms with Crippen LogP contribution in [0, 0.1) is 17.7 Å². The molecule has 1 aliphatic rings. The number of hydrogen-bond donors (Lipinski definition) is 4. The zero-order valence-electron chi connectivity index (χ0n) is 19.6. The van der Waals surface area contributed by atoms with E-state index in [1.807, 2.05) is 0 Å². The van der Waals surface area contributed by atoms with Gasteiger partial charge in [-0.15, -0.1) is 0 Å². The largest absolute Gasteiger partial charge is 0.368 e. The Morgan fingerprint density at radius 1 is 1.33 bits per heavy atom. The van der Waals surface area contributed by atoms with Crippen LogP contribution in [0.25, 0.3) is 0 Å². The minimum absolute atomic E-state index is 0.189. The molecule has 0 aliphatic heterocycles. The number of primary amides is 1. The van der Waals surface area contributed by atoms with E-state index in [4.69, 9.17) is 5.73 Å². The molecule has 184 valence electrons. The van der Waals surface area contributed by atoms with Gasteiger partial charge in [0.05, 0.1) is 12.5 Å². The van der Waals surface area contributed by atoms with Crippen molar-refractivity contribution in [1.82, 2.24) is 25.4 Å². The Bertz CT molecular complexity index is 863. The van der Waals surface area contributed by atoms with Crippen LogP contribution in [0.3, 0.4) is 0 Å². The number of aromatic nitrogens is 2. The summed E-state index contributed by atoms with van der Waals surface area (Å²) in [7, 11) is 3.15. The van der Waals surface area contributed by atoms with Crippen LogP contribution in [0.1, 0.15) is 57.5 Å². The number of halogens is 1. The highest BCUT2D eigenvalue weighted by Gasteiger charge is 2.41. The second-order valence-corrected chi connectivity index (χ2v) is 8.76. The predicted molar refractivity (Wildman–Crippen MR) is 118 cm³/mol. The SMILES string of the molecule is CCc1nc(NNC(=O)[C@H](CC2CCCC2)CN(O)C=O)c(F)c([C@@](C)(C(N)=O)N(C)C)n1. The third-order valence-electron chi connectivity index (χ3n) is 6.35. The molecule has 1 aromatic rings. The highest BCUT2D eigenvalue weighted by Crippen LogP contribution is 2.31. The Morgan fingerprint density at radius 3 is 2.48 bits per heavy atom. The minimum Gasteiger partial charge on any atom is -0.368 e. The summed E-state index contributed by atoms with van der Waals surface area (Å²) in [6.07, 6.45) is 5.17. The number of aryl methyl sites for hydroxylation is 1. The maximum atomic E-state index is 15.4. The van der Waals surface area contributed by atoms with Crippen molar-refractivity contribution in [1.29, 1.82) is 0 Å². The van der Waals surface area contributed by atoms with Crippen LogP contribution in [0.5, 0.6) is 0 Å². The molecule has 33 heavy (non-hydrogen) atoms. The molecular weight excluding hydrogens is 433 g/mol. The van der Waals surface area contributed by atoms with Crippen LogP contribution in [0.2, 0.25) is 0 Å². The van der Waals surface area contributed by atoms with E-state index in [1.165, 1.54) is 11.8 Å². The van der Waals surface area contributed by atoms with Gasteiger partial charge in [-0.3, -0.25) is 35.3 Å². The monoisotopic (exact) mass is 467 g/mol. The van der Waals surface area contributed by atoms with Crippen LogP contribution in [0.15, 0.2) is 0 Å². The van der Waals surface area contributed by atoms with Gasteiger partial charge < -0.3 is 5.73 Å². The van der Waals surface area contributed by atoms with E-state index in [-0.39, 0.29) is 30.3 Å². The summed E-state index contributed by atoms with van der Waals surface area (Å²) in [5.74, 6) is -2.69. The number of likely N-dealkylation sites (N-methyl/N-ethyl adjacent to an activating group) is 1. The van der Waals surface area contributed by atoms with E-state index in [0.717, 1.165) is 25.7 Å². The second kappa shape index (κ2) is 11.3. The molecule has 2 rings (SSSR count). The Hall–Kier alpha value is -2.86. The van der Waals surface area contributed by atoms with Crippen molar-refractivity contribution >= 4 is 24.0 Å². The fourth-order valence-electron chi connectivity index (χ4n) is 4.01. The molecule has 5 N–H and O–H groups in total. The molecule has 0 aromatic carbocycles. The highest BCUT2D eigenvalue weighted by molar-refractivity contribution is 5.85. The Balaban J connectivity index is 2.28. The molecule has 11 nitrogen and oxygen atoms in total. The van der Waals surface area contributed by atoms with Gasteiger partial charge in [-0.2, -0.15) is 0 Å². The van der Waals surface area contributed by atoms with Crippen molar-refractivity contribution < 1.29 is 24.0 Å². The fraction of sp³-hybridized carbons (Fsp3) is 0.667. The smallest absolute Gasteiger partial charge is 0.243 e. The third-order valence-corrected chi connectivity index (χ3v) is 6.35. The number of nitrogens with zero attached hydrogens (tertiary/aromatic N) is 4. The summed E-state index contributed by atoms with van der Waals surface area (Å²) in [6, 6.07) is 0. The van der Waals surface area contributed by atoms with Gasteiger partial charge in [-0.1, -0.05) is 32.6 Å². The van der Waals surface area contributed by atoms with E-state index in [9.17, 15) is 19.6 Å². The molecule has 0 spiro atoms. The summed E-state index contributed by atoms with van der Waals surface area (Å²) in [5.41, 5.74) is 8.71. The van der Waals surface area contributed by atoms with Crippen molar-refractivity contribution in [3.05, 3.63) is 17.3 Å². The molecule has 0 radical (unpaired) electrons. The van der Waals surface area contributed by atoms with Gasteiger partial charge >= 0.3 is 0 Å². The Labute approximate surface area is 192 Å². The molecule has 0 unspecified atom stereocenters. The first kappa shape index (κ1) is 26.4. The van der Waals surface area contributed by atoms with E-state index in [1.54, 1.807) is 21.0 Å². The molecule has 1 fully saturated rings. The Kier molecular flexibility index (Phi) is 9.06. The minimum atomic E-state index is -1.55. The van der Waals surface area contributed by atoms with Crippen molar-refractivity contribution in [2.75, 3.05) is 26.1 Å². The molecule has 2 atom stereocenters. The van der Waals surface area contributed by atoms with E-state index < -0.39 is 29.1 Å². The first-order valence-electron chi connectivity index (χ1n) is 11.0. The van der Waals surface area contributed by atoms with Crippen molar-refractivity contribution in [2.24, 2.45) is 17.6 Å². The van der Waals surface area contributed by atoms with Crippen LogP contribution < -0.4 is 16.6 Å². The molecule has 1 saturated carbocycles. The van der Waals surface area contributed by atoms with Crippen molar-refractivity contribution in [3.63, 3.8) is 0 Å². The standard InChI is InChI=1S/C21H34FN7O4/c1-5-15-24-17(21(2,20(23)32)28(3)4)16(22)18(25-15)26-27-19(31)14(11-29(33)12-30)10-13-8-6-7-9-13/h12-14,33H,5-11H2,1-4H3,(H2,23,32)(H,27,31)(H,24,25,26)/t14-,21+/m1/s1. The van der Waals surface area contributed by atoms with Gasteiger partial charge in [-0.05, 0) is 33.4 Å². The first-order chi connectivity index (χ1) is 15.5. The zero-order chi connectivity index (χ0) is 24.8. The number of anilines is 1. The average Bonchev–Trinajstić information content (AvgIpc) is 3.29. The quantitative estimate of drug-likeness (QED) is 0.201. The van der Waals surface area contributed by atoms with Gasteiger partial charge in [0.15, 0.2) is 11.6 Å². The molecule has 1 aliphatic carbocycles. The van der Waals surface area contributed by atoms with Gasteiger partial charge in [0.2, 0.25) is 18.2 Å².